The van der Waals surface area contributed by atoms with Crippen LogP contribution in [0.15, 0.2) is 23.2 Å². The van der Waals surface area contributed by atoms with Gasteiger partial charge in [0.25, 0.3) is 0 Å². The third-order valence-corrected chi connectivity index (χ3v) is 4.44. The molecule has 1 N–H and O–H groups in total. The Morgan fingerprint density at radius 2 is 2.18 bits per heavy atom. The zero-order valence-corrected chi connectivity index (χ0v) is 11.6. The minimum Gasteiger partial charge on any atom is -0.260 e. The van der Waals surface area contributed by atoms with Crippen molar-refractivity contribution in [3.8, 4) is 0 Å². The van der Waals surface area contributed by atoms with Crippen LogP contribution in [0.3, 0.4) is 0 Å². The van der Waals surface area contributed by atoms with Gasteiger partial charge in [-0.25, -0.2) is 18.1 Å². The summed E-state index contributed by atoms with van der Waals surface area (Å²) in [5.41, 5.74) is 0. The van der Waals surface area contributed by atoms with Crippen molar-refractivity contribution in [2.24, 2.45) is 0 Å². The highest BCUT2D eigenvalue weighted by Gasteiger charge is 2.13. The van der Waals surface area contributed by atoms with Gasteiger partial charge in [0.1, 0.15) is 10.0 Å². The molecule has 1 aromatic heterocycles. The maximum absolute atomic E-state index is 11.7. The van der Waals surface area contributed by atoms with Crippen molar-refractivity contribution in [3.63, 3.8) is 0 Å². The van der Waals surface area contributed by atoms with Crippen LogP contribution in [0.4, 0.5) is 0 Å². The number of hydrogen-bond acceptors (Lipinski definition) is 4. The lowest BCUT2D eigenvalue weighted by atomic mass is 10.5. The summed E-state index contributed by atoms with van der Waals surface area (Å²) in [4.78, 5) is 3.77. The first-order valence-corrected chi connectivity index (χ1v) is 8.42. The quantitative estimate of drug-likeness (QED) is 0.622. The van der Waals surface area contributed by atoms with Gasteiger partial charge in [-0.1, -0.05) is 11.6 Å². The Kier molecular flexibility index (Phi) is 5.51. The zero-order valence-electron chi connectivity index (χ0n) is 9.22. The highest BCUT2D eigenvalue weighted by Crippen LogP contribution is 2.10. The van der Waals surface area contributed by atoms with Gasteiger partial charge in [-0.3, -0.25) is 4.21 Å². The SMILES string of the molecule is CS(=O)CCCNS(=O)(=O)c1ccc(Cl)nc1. The van der Waals surface area contributed by atoms with Crippen LogP contribution in [0, 0.1) is 0 Å². The maximum atomic E-state index is 11.7. The fraction of sp³-hybridized carbons (Fsp3) is 0.444. The number of aromatic nitrogens is 1. The van der Waals surface area contributed by atoms with Crippen molar-refractivity contribution in [3.05, 3.63) is 23.5 Å². The van der Waals surface area contributed by atoms with Crippen LogP contribution in [0.2, 0.25) is 5.15 Å². The van der Waals surface area contributed by atoms with E-state index in [4.69, 9.17) is 11.6 Å². The molecule has 96 valence electrons. The lowest BCUT2D eigenvalue weighted by Gasteiger charge is -2.05. The van der Waals surface area contributed by atoms with Crippen molar-refractivity contribution in [2.45, 2.75) is 11.3 Å². The molecule has 17 heavy (non-hydrogen) atoms. The predicted octanol–water partition coefficient (Wildman–Crippen LogP) is 0.782. The molecule has 1 unspecified atom stereocenters. The first kappa shape index (κ1) is 14.6. The Morgan fingerprint density at radius 1 is 1.47 bits per heavy atom. The molecule has 1 rings (SSSR count). The largest absolute Gasteiger partial charge is 0.260 e. The van der Waals surface area contributed by atoms with E-state index in [1.807, 2.05) is 0 Å². The number of sulfonamides is 1. The summed E-state index contributed by atoms with van der Waals surface area (Å²) in [6, 6.07) is 2.80. The minimum absolute atomic E-state index is 0.0690. The molecule has 0 aliphatic heterocycles. The molecule has 0 saturated heterocycles. The van der Waals surface area contributed by atoms with Gasteiger partial charge < -0.3 is 0 Å². The summed E-state index contributed by atoms with van der Waals surface area (Å²) in [5.74, 6) is 0.474. The number of nitrogens with zero attached hydrogens (tertiary/aromatic N) is 1. The molecule has 0 saturated carbocycles. The molecule has 1 heterocycles. The van der Waals surface area contributed by atoms with Crippen molar-refractivity contribution in [1.82, 2.24) is 9.71 Å². The average Bonchev–Trinajstić information content (AvgIpc) is 2.25. The van der Waals surface area contributed by atoms with E-state index in [0.29, 0.717) is 12.2 Å². The molecule has 0 fully saturated rings. The van der Waals surface area contributed by atoms with E-state index in [1.165, 1.54) is 18.3 Å². The second-order valence-corrected chi connectivity index (χ2v) is 7.05. The molecule has 0 aromatic carbocycles. The number of hydrogen-bond donors (Lipinski definition) is 1. The predicted molar refractivity (Wildman–Crippen MR) is 68.0 cm³/mol. The fourth-order valence-corrected chi connectivity index (χ4v) is 2.77. The van der Waals surface area contributed by atoms with E-state index in [2.05, 4.69) is 9.71 Å². The fourth-order valence-electron chi connectivity index (χ4n) is 1.09. The van der Waals surface area contributed by atoms with Crippen LogP contribution >= 0.6 is 11.6 Å². The Balaban J connectivity index is 2.57. The second-order valence-electron chi connectivity index (χ2n) is 3.35. The normalized spacial score (nSPS) is 13.5. The molecule has 1 aromatic rings. The summed E-state index contributed by atoms with van der Waals surface area (Å²) in [6.45, 7) is 0.255. The third kappa shape index (κ3) is 5.12. The van der Waals surface area contributed by atoms with Gasteiger partial charge in [0.05, 0.1) is 0 Å². The maximum Gasteiger partial charge on any atom is 0.242 e. The van der Waals surface area contributed by atoms with E-state index >= 15 is 0 Å². The van der Waals surface area contributed by atoms with Crippen LogP contribution in [0.25, 0.3) is 0 Å². The summed E-state index contributed by atoms with van der Waals surface area (Å²) in [7, 11) is -4.45. The lowest BCUT2D eigenvalue weighted by Crippen LogP contribution is -2.25. The molecule has 0 amide bonds. The van der Waals surface area contributed by atoms with Crippen molar-refractivity contribution < 1.29 is 12.6 Å². The van der Waals surface area contributed by atoms with Gasteiger partial charge >= 0.3 is 0 Å². The molecule has 8 heteroatoms. The molecule has 0 radical (unpaired) electrons. The summed E-state index contributed by atoms with van der Waals surface area (Å²) < 4.78 is 36.6. The van der Waals surface area contributed by atoms with E-state index < -0.39 is 20.8 Å². The number of pyridine rings is 1. The van der Waals surface area contributed by atoms with Crippen LogP contribution in [-0.4, -0.2) is 36.2 Å². The van der Waals surface area contributed by atoms with E-state index in [9.17, 15) is 12.6 Å². The van der Waals surface area contributed by atoms with Crippen LogP contribution in [0.5, 0.6) is 0 Å². The lowest BCUT2D eigenvalue weighted by molar-refractivity contribution is 0.580. The number of halogens is 1. The second kappa shape index (κ2) is 6.44. The van der Waals surface area contributed by atoms with Crippen LogP contribution in [0.1, 0.15) is 6.42 Å². The molecule has 0 aliphatic rings. The average molecular weight is 297 g/mol. The molecule has 0 bridgehead atoms. The first-order valence-electron chi connectivity index (χ1n) is 4.83. The van der Waals surface area contributed by atoms with E-state index in [1.54, 1.807) is 6.26 Å². The van der Waals surface area contributed by atoms with Gasteiger partial charge in [-0.15, -0.1) is 0 Å². The summed E-state index contributed by atoms with van der Waals surface area (Å²) in [6.07, 6.45) is 3.31. The molecule has 0 aliphatic carbocycles. The molecule has 0 spiro atoms. The van der Waals surface area contributed by atoms with Crippen molar-refractivity contribution in [2.75, 3.05) is 18.6 Å². The highest BCUT2D eigenvalue weighted by atomic mass is 35.5. The van der Waals surface area contributed by atoms with E-state index in [-0.39, 0.29) is 16.6 Å². The Labute approximate surface area is 108 Å². The van der Waals surface area contributed by atoms with Gasteiger partial charge in [-0.05, 0) is 18.6 Å². The van der Waals surface area contributed by atoms with Crippen molar-refractivity contribution in [1.29, 1.82) is 0 Å². The van der Waals surface area contributed by atoms with Gasteiger partial charge in [0.2, 0.25) is 10.0 Å². The Hall–Kier alpha value is -0.500. The molecular weight excluding hydrogens is 284 g/mol. The summed E-state index contributed by atoms with van der Waals surface area (Å²) in [5, 5.41) is 0.241. The first-order chi connectivity index (χ1) is 7.92. The third-order valence-electron chi connectivity index (χ3n) is 1.91. The Morgan fingerprint density at radius 3 is 2.71 bits per heavy atom. The summed E-state index contributed by atoms with van der Waals surface area (Å²) >= 11 is 5.56. The smallest absolute Gasteiger partial charge is 0.242 e. The van der Waals surface area contributed by atoms with Gasteiger partial charge in [0.15, 0.2) is 0 Å². The van der Waals surface area contributed by atoms with Crippen molar-refractivity contribution >= 4 is 32.4 Å². The topological polar surface area (TPSA) is 76.1 Å². The van der Waals surface area contributed by atoms with Crippen LogP contribution in [-0.2, 0) is 20.8 Å². The monoisotopic (exact) mass is 296 g/mol. The zero-order chi connectivity index (χ0) is 12.9. The molecule has 5 nitrogen and oxygen atoms in total. The minimum atomic E-state index is -3.55. The van der Waals surface area contributed by atoms with E-state index in [0.717, 1.165) is 0 Å². The highest BCUT2D eigenvalue weighted by molar-refractivity contribution is 7.89. The molecule has 1 atom stereocenters. The van der Waals surface area contributed by atoms with Gasteiger partial charge in [0, 0.05) is 35.5 Å². The Bertz CT molecular complexity index is 487. The number of nitrogens with one attached hydrogen (secondary N) is 1. The van der Waals surface area contributed by atoms with Crippen LogP contribution < -0.4 is 4.72 Å². The standard InChI is InChI=1S/C9H13ClN2O3S2/c1-16(13)6-2-5-12-17(14,15)8-3-4-9(10)11-7-8/h3-4,7,12H,2,5-6H2,1H3. The van der Waals surface area contributed by atoms with Gasteiger partial charge in [-0.2, -0.15) is 0 Å². The number of rotatable bonds is 6. The molecular formula is C9H13ClN2O3S2.